The molecule has 0 saturated carbocycles. The number of rotatable bonds is 4. The summed E-state index contributed by atoms with van der Waals surface area (Å²) in [6.07, 6.45) is 7.11. The highest BCUT2D eigenvalue weighted by molar-refractivity contribution is 5.78. The molecule has 1 aliphatic rings. The van der Waals surface area contributed by atoms with E-state index in [0.29, 0.717) is 5.75 Å². The summed E-state index contributed by atoms with van der Waals surface area (Å²) in [5.41, 5.74) is 3.46. The number of benzene rings is 1. The Morgan fingerprint density at radius 2 is 1.96 bits per heavy atom. The molecule has 0 saturated heterocycles. The Labute approximate surface area is 160 Å². The summed E-state index contributed by atoms with van der Waals surface area (Å²) in [7, 11) is 3.58. The Kier molecular flexibility index (Phi) is 3.75. The lowest BCUT2D eigenvalue weighted by atomic mass is 10.1. The largest absolute Gasteiger partial charge is 0.495 e. The zero-order chi connectivity index (χ0) is 19.1. The molecule has 8 heteroatoms. The monoisotopic (exact) mass is 375 g/mol. The van der Waals surface area contributed by atoms with Gasteiger partial charge in [0.05, 0.1) is 19.5 Å². The van der Waals surface area contributed by atoms with Crippen molar-refractivity contribution < 1.29 is 14.2 Å². The molecule has 4 aromatic rings. The van der Waals surface area contributed by atoms with Gasteiger partial charge in [0.1, 0.15) is 11.6 Å². The first-order chi connectivity index (χ1) is 13.7. The van der Waals surface area contributed by atoms with Crippen LogP contribution in [0.3, 0.4) is 0 Å². The molecule has 140 valence electrons. The second-order valence-electron chi connectivity index (χ2n) is 6.32. The summed E-state index contributed by atoms with van der Waals surface area (Å²) in [6.45, 7) is 0.250. The molecule has 8 nitrogen and oxygen atoms in total. The van der Waals surface area contributed by atoms with Crippen LogP contribution in [0.4, 0.5) is 11.5 Å². The molecule has 0 fully saturated rings. The lowest BCUT2D eigenvalue weighted by Gasteiger charge is -2.18. The van der Waals surface area contributed by atoms with Crippen molar-refractivity contribution in [2.24, 2.45) is 0 Å². The normalized spacial score (nSPS) is 12.4. The zero-order valence-electron chi connectivity index (χ0n) is 15.4. The molecule has 0 N–H and O–H groups in total. The number of anilines is 2. The van der Waals surface area contributed by atoms with Crippen LogP contribution in [-0.4, -0.2) is 40.5 Å². The number of methoxy groups -OCH3 is 1. The van der Waals surface area contributed by atoms with Crippen LogP contribution in [0, 0.1) is 0 Å². The van der Waals surface area contributed by atoms with Crippen molar-refractivity contribution in [3.8, 4) is 28.4 Å². The van der Waals surface area contributed by atoms with Crippen LogP contribution in [-0.2, 0) is 0 Å². The predicted octanol–water partition coefficient (Wildman–Crippen LogP) is 3.30. The summed E-state index contributed by atoms with van der Waals surface area (Å²) >= 11 is 0. The zero-order valence-corrected chi connectivity index (χ0v) is 15.4. The van der Waals surface area contributed by atoms with Gasteiger partial charge < -0.3 is 19.1 Å². The van der Waals surface area contributed by atoms with Crippen LogP contribution >= 0.6 is 0 Å². The van der Waals surface area contributed by atoms with E-state index in [1.54, 1.807) is 30.2 Å². The Morgan fingerprint density at radius 3 is 2.86 bits per heavy atom. The third-order valence-electron chi connectivity index (χ3n) is 4.70. The fourth-order valence-corrected chi connectivity index (χ4v) is 3.15. The lowest BCUT2D eigenvalue weighted by Crippen LogP contribution is -2.11. The fourth-order valence-electron chi connectivity index (χ4n) is 3.15. The molecular weight excluding hydrogens is 358 g/mol. The summed E-state index contributed by atoms with van der Waals surface area (Å²) in [5, 5.41) is 4.40. The van der Waals surface area contributed by atoms with Crippen molar-refractivity contribution in [3.05, 3.63) is 55.1 Å². The summed E-state index contributed by atoms with van der Waals surface area (Å²) in [5.74, 6) is 2.96. The number of pyridine rings is 1. The van der Waals surface area contributed by atoms with Gasteiger partial charge in [-0.1, -0.05) is 0 Å². The van der Waals surface area contributed by atoms with Crippen LogP contribution in [0.15, 0.2) is 55.1 Å². The van der Waals surface area contributed by atoms with Crippen LogP contribution in [0.1, 0.15) is 0 Å². The van der Waals surface area contributed by atoms with E-state index in [4.69, 9.17) is 19.2 Å². The van der Waals surface area contributed by atoms with E-state index in [0.717, 1.165) is 39.8 Å². The topological polar surface area (TPSA) is 74.0 Å². The second kappa shape index (κ2) is 6.41. The second-order valence-corrected chi connectivity index (χ2v) is 6.32. The molecule has 4 heterocycles. The first-order valence-electron chi connectivity index (χ1n) is 8.70. The predicted molar refractivity (Wildman–Crippen MR) is 103 cm³/mol. The maximum absolute atomic E-state index is 5.48. The number of fused-ring (bicyclic) bond motifs is 2. The van der Waals surface area contributed by atoms with Crippen LogP contribution in [0.2, 0.25) is 0 Å². The van der Waals surface area contributed by atoms with Crippen LogP contribution in [0.25, 0.3) is 16.8 Å². The van der Waals surface area contributed by atoms with Gasteiger partial charge >= 0.3 is 0 Å². The van der Waals surface area contributed by atoms with Crippen molar-refractivity contribution >= 4 is 17.2 Å². The van der Waals surface area contributed by atoms with Gasteiger partial charge in [-0.15, -0.1) is 0 Å². The molecule has 0 unspecified atom stereocenters. The molecule has 3 aromatic heterocycles. The summed E-state index contributed by atoms with van der Waals surface area (Å²) in [4.78, 5) is 11.0. The third kappa shape index (κ3) is 2.66. The fraction of sp³-hybridized carbons (Fsp3) is 0.150. The van der Waals surface area contributed by atoms with E-state index in [9.17, 15) is 0 Å². The van der Waals surface area contributed by atoms with E-state index in [1.165, 1.54) is 0 Å². The average Bonchev–Trinajstić information content (AvgIpc) is 3.39. The van der Waals surface area contributed by atoms with Crippen molar-refractivity contribution in [3.63, 3.8) is 0 Å². The molecule has 28 heavy (non-hydrogen) atoms. The van der Waals surface area contributed by atoms with Gasteiger partial charge in [-0.2, -0.15) is 5.10 Å². The minimum Gasteiger partial charge on any atom is -0.495 e. The molecule has 0 radical (unpaired) electrons. The Bertz CT molecular complexity index is 1170. The van der Waals surface area contributed by atoms with Gasteiger partial charge in [0.25, 0.3) is 0 Å². The minimum absolute atomic E-state index is 0.250. The molecule has 1 aliphatic heterocycles. The molecule has 1 aromatic carbocycles. The van der Waals surface area contributed by atoms with Gasteiger partial charge in [-0.3, -0.25) is 4.98 Å². The Balaban J connectivity index is 1.55. The van der Waals surface area contributed by atoms with Gasteiger partial charge in [-0.25, -0.2) is 9.50 Å². The minimum atomic E-state index is 0.250. The first kappa shape index (κ1) is 16.4. The average molecular weight is 375 g/mol. The van der Waals surface area contributed by atoms with Crippen molar-refractivity contribution in [1.29, 1.82) is 0 Å². The number of aromatic nitrogens is 4. The van der Waals surface area contributed by atoms with Crippen molar-refractivity contribution in [2.45, 2.75) is 0 Å². The van der Waals surface area contributed by atoms with Gasteiger partial charge in [0.2, 0.25) is 6.79 Å². The van der Waals surface area contributed by atoms with Crippen molar-refractivity contribution in [1.82, 2.24) is 19.6 Å². The highest BCUT2D eigenvalue weighted by Gasteiger charge is 2.17. The van der Waals surface area contributed by atoms with E-state index in [2.05, 4.69) is 10.1 Å². The van der Waals surface area contributed by atoms with Gasteiger partial charge in [0.15, 0.2) is 17.1 Å². The lowest BCUT2D eigenvalue weighted by molar-refractivity contribution is 0.174. The first-order valence-corrected chi connectivity index (χ1v) is 8.70. The third-order valence-corrected chi connectivity index (χ3v) is 4.70. The SMILES string of the molecule is COc1cncc(-c2cnn3ccc(N(C)c4ccc5c(c4)OCO5)nc23)c1. The van der Waals surface area contributed by atoms with Crippen LogP contribution in [0.5, 0.6) is 17.2 Å². The van der Waals surface area contributed by atoms with Gasteiger partial charge in [-0.05, 0) is 24.3 Å². The molecule has 5 rings (SSSR count). The van der Waals surface area contributed by atoms with Crippen molar-refractivity contribution in [2.75, 3.05) is 25.9 Å². The Hall–Kier alpha value is -3.81. The number of nitrogens with zero attached hydrogens (tertiary/aromatic N) is 5. The maximum Gasteiger partial charge on any atom is 0.231 e. The highest BCUT2D eigenvalue weighted by Crippen LogP contribution is 2.37. The quantitative estimate of drug-likeness (QED) is 0.542. The standard InChI is InChI=1S/C20H17N5O3/c1-24(14-3-4-17-18(8-14)28-12-27-17)19-5-6-25-20(23-19)16(11-22-25)13-7-15(26-2)10-21-9-13/h3-11H,12H2,1-2H3. The van der Waals surface area contributed by atoms with E-state index in [-0.39, 0.29) is 6.79 Å². The Morgan fingerprint density at radius 1 is 1.07 bits per heavy atom. The smallest absolute Gasteiger partial charge is 0.231 e. The molecular formula is C20H17N5O3. The maximum atomic E-state index is 5.48. The van der Waals surface area contributed by atoms with Gasteiger partial charge in [0, 0.05) is 42.3 Å². The molecule has 0 amide bonds. The summed E-state index contributed by atoms with van der Waals surface area (Å²) < 4.78 is 17.9. The molecule has 0 aliphatic carbocycles. The molecule has 0 bridgehead atoms. The molecule has 0 spiro atoms. The van der Waals surface area contributed by atoms with E-state index in [1.807, 2.05) is 48.5 Å². The number of ether oxygens (including phenoxy) is 3. The number of hydrogen-bond acceptors (Lipinski definition) is 7. The van der Waals surface area contributed by atoms with E-state index >= 15 is 0 Å². The highest BCUT2D eigenvalue weighted by atomic mass is 16.7. The van der Waals surface area contributed by atoms with E-state index < -0.39 is 0 Å². The summed E-state index contributed by atoms with van der Waals surface area (Å²) in [6, 6.07) is 9.65. The molecule has 0 atom stereocenters. The van der Waals surface area contributed by atoms with Crippen LogP contribution < -0.4 is 19.1 Å². The number of hydrogen-bond donors (Lipinski definition) is 0.